The molecule has 0 radical (unpaired) electrons. The van der Waals surface area contributed by atoms with Crippen LogP contribution < -0.4 is 0 Å². The molecule has 17 heavy (non-hydrogen) atoms. The van der Waals surface area contributed by atoms with E-state index in [0.29, 0.717) is 13.1 Å². The number of hydrogen-bond acceptors (Lipinski definition) is 2. The third-order valence-electron chi connectivity index (χ3n) is 3.70. The molecule has 0 aromatic heterocycles. The summed E-state index contributed by atoms with van der Waals surface area (Å²) in [5, 5.41) is 8.76. The van der Waals surface area contributed by atoms with E-state index in [4.69, 9.17) is 5.11 Å². The Morgan fingerprint density at radius 1 is 1.24 bits per heavy atom. The minimum atomic E-state index is -0.803. The van der Waals surface area contributed by atoms with Crippen LogP contribution in [-0.4, -0.2) is 35.0 Å². The summed E-state index contributed by atoms with van der Waals surface area (Å²) >= 11 is 0. The zero-order chi connectivity index (χ0) is 12.0. The molecule has 1 aliphatic carbocycles. The van der Waals surface area contributed by atoms with Crippen LogP contribution in [0.25, 0.3) is 0 Å². The van der Waals surface area contributed by atoms with Gasteiger partial charge in [0.25, 0.3) is 0 Å². The smallest absolute Gasteiger partial charge is 0.310 e. The Labute approximate surface area is 98.9 Å². The van der Waals surface area contributed by atoms with Crippen LogP contribution in [0.15, 0.2) is 24.3 Å². The molecule has 88 valence electrons. The Bertz CT molecular complexity index is 491. The van der Waals surface area contributed by atoms with E-state index in [9.17, 15) is 9.59 Å². The maximum atomic E-state index is 12.1. The molecule has 1 amide bonds. The van der Waals surface area contributed by atoms with E-state index in [-0.39, 0.29) is 17.7 Å². The summed E-state index contributed by atoms with van der Waals surface area (Å²) in [6.45, 7) is 0.736. The highest BCUT2D eigenvalue weighted by molar-refractivity contribution is 5.89. The van der Waals surface area contributed by atoms with Crippen molar-refractivity contribution in [2.24, 2.45) is 5.92 Å². The molecule has 0 spiro atoms. The van der Waals surface area contributed by atoms with Gasteiger partial charge in [-0.1, -0.05) is 24.3 Å². The van der Waals surface area contributed by atoms with E-state index in [1.54, 1.807) is 4.90 Å². The van der Waals surface area contributed by atoms with Gasteiger partial charge in [0.1, 0.15) is 0 Å². The minimum absolute atomic E-state index is 0.0408. The quantitative estimate of drug-likeness (QED) is 0.821. The average Bonchev–Trinajstić information content (AvgIpc) is 2.17. The van der Waals surface area contributed by atoms with Gasteiger partial charge < -0.3 is 10.0 Å². The lowest BCUT2D eigenvalue weighted by molar-refractivity contribution is -0.153. The summed E-state index contributed by atoms with van der Waals surface area (Å²) in [6.07, 6.45) is 0.795. The number of nitrogens with zero attached hydrogens (tertiary/aromatic N) is 1. The second-order valence-electron chi connectivity index (χ2n) is 4.73. The van der Waals surface area contributed by atoms with Crippen LogP contribution in [0.3, 0.4) is 0 Å². The molecule has 1 aromatic carbocycles. The zero-order valence-corrected chi connectivity index (χ0v) is 9.30. The summed E-state index contributed by atoms with van der Waals surface area (Å²) in [6, 6.07) is 7.93. The fourth-order valence-corrected chi connectivity index (χ4v) is 2.51. The van der Waals surface area contributed by atoms with Crippen molar-refractivity contribution in [3.63, 3.8) is 0 Å². The maximum Gasteiger partial charge on any atom is 0.310 e. The highest BCUT2D eigenvalue weighted by Crippen LogP contribution is 2.37. The molecule has 1 atom stereocenters. The first-order valence-electron chi connectivity index (χ1n) is 5.76. The van der Waals surface area contributed by atoms with Crippen molar-refractivity contribution >= 4 is 11.9 Å². The fourth-order valence-electron chi connectivity index (χ4n) is 2.51. The lowest BCUT2D eigenvalue weighted by Gasteiger charge is -2.41. The number of carbonyl (C=O) groups is 2. The molecule has 1 saturated heterocycles. The second-order valence-corrected chi connectivity index (χ2v) is 4.73. The van der Waals surface area contributed by atoms with Gasteiger partial charge in [-0.05, 0) is 17.5 Å². The standard InChI is InChI=1S/C13H13NO3/c15-12(14-6-9(7-14)13(16)17)11-5-8-3-1-2-4-10(8)11/h1-4,9,11H,5-7H2,(H,16,17). The Morgan fingerprint density at radius 2 is 1.94 bits per heavy atom. The Balaban J connectivity index is 1.65. The Hall–Kier alpha value is -1.84. The molecule has 1 heterocycles. The van der Waals surface area contributed by atoms with Gasteiger partial charge in [0, 0.05) is 13.1 Å². The summed E-state index contributed by atoms with van der Waals surface area (Å²) in [4.78, 5) is 24.4. The topological polar surface area (TPSA) is 57.6 Å². The number of hydrogen-bond donors (Lipinski definition) is 1. The van der Waals surface area contributed by atoms with Crippen molar-refractivity contribution in [1.29, 1.82) is 0 Å². The third-order valence-corrected chi connectivity index (χ3v) is 3.70. The number of fused-ring (bicyclic) bond motifs is 1. The average molecular weight is 231 g/mol. The highest BCUT2D eigenvalue weighted by Gasteiger charge is 2.41. The largest absolute Gasteiger partial charge is 0.481 e. The molecule has 1 aliphatic heterocycles. The van der Waals surface area contributed by atoms with Crippen molar-refractivity contribution in [1.82, 2.24) is 4.90 Å². The molecule has 4 heteroatoms. The second kappa shape index (κ2) is 3.58. The molecule has 3 rings (SSSR count). The van der Waals surface area contributed by atoms with Crippen LogP contribution in [0.4, 0.5) is 0 Å². The number of benzene rings is 1. The SMILES string of the molecule is O=C(O)C1CN(C(=O)C2Cc3ccccc32)C1. The molecule has 1 N–H and O–H groups in total. The monoisotopic (exact) mass is 231 g/mol. The van der Waals surface area contributed by atoms with E-state index in [2.05, 4.69) is 0 Å². The van der Waals surface area contributed by atoms with Crippen LogP contribution >= 0.6 is 0 Å². The molecule has 0 saturated carbocycles. The van der Waals surface area contributed by atoms with Crippen molar-refractivity contribution in [3.05, 3.63) is 35.4 Å². The Morgan fingerprint density at radius 3 is 2.59 bits per heavy atom. The lowest BCUT2D eigenvalue weighted by atomic mass is 9.76. The van der Waals surface area contributed by atoms with Gasteiger partial charge in [-0.15, -0.1) is 0 Å². The number of likely N-dealkylation sites (tertiary alicyclic amines) is 1. The van der Waals surface area contributed by atoms with Gasteiger partial charge in [-0.25, -0.2) is 0 Å². The van der Waals surface area contributed by atoms with Crippen LogP contribution in [0.5, 0.6) is 0 Å². The predicted molar refractivity (Wildman–Crippen MR) is 60.6 cm³/mol. The van der Waals surface area contributed by atoms with Gasteiger partial charge in [0.15, 0.2) is 0 Å². The van der Waals surface area contributed by atoms with Gasteiger partial charge >= 0.3 is 5.97 Å². The summed E-state index contributed by atoms with van der Waals surface area (Å²) in [7, 11) is 0. The molecule has 2 aliphatic rings. The van der Waals surface area contributed by atoms with Crippen molar-refractivity contribution in [2.45, 2.75) is 12.3 Å². The van der Waals surface area contributed by atoms with E-state index in [1.807, 2.05) is 24.3 Å². The van der Waals surface area contributed by atoms with E-state index in [0.717, 1.165) is 12.0 Å². The summed E-state index contributed by atoms with van der Waals surface area (Å²) in [5.41, 5.74) is 2.34. The van der Waals surface area contributed by atoms with E-state index in [1.165, 1.54) is 5.56 Å². The van der Waals surface area contributed by atoms with Crippen LogP contribution in [-0.2, 0) is 16.0 Å². The maximum absolute atomic E-state index is 12.1. The number of aliphatic carboxylic acids is 1. The first-order valence-corrected chi connectivity index (χ1v) is 5.76. The van der Waals surface area contributed by atoms with E-state index >= 15 is 0 Å². The normalized spacial score (nSPS) is 22.4. The molecule has 1 fully saturated rings. The van der Waals surface area contributed by atoms with E-state index < -0.39 is 5.97 Å². The number of carboxylic acids is 1. The lowest BCUT2D eigenvalue weighted by Crippen LogP contribution is -2.55. The minimum Gasteiger partial charge on any atom is -0.481 e. The molecule has 0 bridgehead atoms. The molecule has 1 aromatic rings. The summed E-state index contributed by atoms with van der Waals surface area (Å²) in [5.74, 6) is -1.13. The number of carboxylic acid groups (broad SMARTS) is 1. The highest BCUT2D eigenvalue weighted by atomic mass is 16.4. The molecule has 4 nitrogen and oxygen atoms in total. The fraction of sp³-hybridized carbons (Fsp3) is 0.385. The zero-order valence-electron chi connectivity index (χ0n) is 9.30. The summed E-state index contributed by atoms with van der Waals surface area (Å²) < 4.78 is 0. The third kappa shape index (κ3) is 1.52. The van der Waals surface area contributed by atoms with Crippen molar-refractivity contribution in [3.8, 4) is 0 Å². The number of amides is 1. The van der Waals surface area contributed by atoms with Gasteiger partial charge in [0.2, 0.25) is 5.91 Å². The van der Waals surface area contributed by atoms with Gasteiger partial charge in [-0.3, -0.25) is 9.59 Å². The van der Waals surface area contributed by atoms with Crippen LogP contribution in [0, 0.1) is 5.92 Å². The van der Waals surface area contributed by atoms with Crippen molar-refractivity contribution < 1.29 is 14.7 Å². The number of carbonyl (C=O) groups excluding carboxylic acids is 1. The first-order chi connectivity index (χ1) is 8.16. The van der Waals surface area contributed by atoms with Gasteiger partial charge in [-0.2, -0.15) is 0 Å². The Kier molecular flexibility index (Phi) is 2.18. The van der Waals surface area contributed by atoms with Crippen molar-refractivity contribution in [2.75, 3.05) is 13.1 Å². The van der Waals surface area contributed by atoms with Crippen LogP contribution in [0.1, 0.15) is 17.0 Å². The van der Waals surface area contributed by atoms with Crippen LogP contribution in [0.2, 0.25) is 0 Å². The molecular weight excluding hydrogens is 218 g/mol. The van der Waals surface area contributed by atoms with Gasteiger partial charge in [0.05, 0.1) is 11.8 Å². The first kappa shape index (κ1) is 10.3. The predicted octanol–water partition coefficient (Wildman–Crippen LogP) is 0.869. The molecular formula is C13H13NO3. The molecule has 1 unspecified atom stereocenters. The number of rotatable bonds is 2.